The molecule has 1 amide bonds. The number of nitrogens with zero attached hydrogens (tertiary/aromatic N) is 2. The van der Waals surface area contributed by atoms with E-state index in [-0.39, 0.29) is 5.91 Å². The Balaban J connectivity index is 1.79. The van der Waals surface area contributed by atoms with Crippen molar-refractivity contribution in [2.75, 3.05) is 18.5 Å². The predicted molar refractivity (Wildman–Crippen MR) is 101 cm³/mol. The van der Waals surface area contributed by atoms with Crippen LogP contribution in [-0.4, -0.2) is 29.3 Å². The monoisotopic (exact) mass is 367 g/mol. The van der Waals surface area contributed by atoms with Gasteiger partial charge >= 0.3 is 0 Å². The van der Waals surface area contributed by atoms with Crippen LogP contribution in [0.5, 0.6) is 11.5 Å². The van der Waals surface area contributed by atoms with Crippen LogP contribution in [0.2, 0.25) is 0 Å². The van der Waals surface area contributed by atoms with Crippen LogP contribution in [0.25, 0.3) is 11.5 Å². The smallest absolute Gasteiger partial charge is 0.257 e. The van der Waals surface area contributed by atoms with Crippen molar-refractivity contribution in [2.45, 2.75) is 20.8 Å². The van der Waals surface area contributed by atoms with Crippen molar-refractivity contribution in [3.05, 3.63) is 53.9 Å². The molecular formula is C20H21N3O4. The fourth-order valence-corrected chi connectivity index (χ4v) is 2.52. The maximum atomic E-state index is 12.6. The number of hydrogen-bond acceptors (Lipinski definition) is 6. The zero-order valence-corrected chi connectivity index (χ0v) is 15.5. The van der Waals surface area contributed by atoms with E-state index in [1.54, 1.807) is 43.3 Å². The topological polar surface area (TPSA) is 86.5 Å². The van der Waals surface area contributed by atoms with Gasteiger partial charge in [0, 0.05) is 17.2 Å². The lowest BCUT2D eigenvalue weighted by molar-refractivity contribution is 0.102. The Kier molecular flexibility index (Phi) is 5.71. The summed E-state index contributed by atoms with van der Waals surface area (Å²) in [6, 6.07) is 12.3. The first-order chi connectivity index (χ1) is 13.1. The second-order valence-corrected chi connectivity index (χ2v) is 5.70. The number of benzene rings is 2. The van der Waals surface area contributed by atoms with Crippen LogP contribution < -0.4 is 14.8 Å². The van der Waals surface area contributed by atoms with Crippen LogP contribution in [0.3, 0.4) is 0 Å². The summed E-state index contributed by atoms with van der Waals surface area (Å²) in [6.07, 6.45) is 0. The molecule has 0 aliphatic heterocycles. The van der Waals surface area contributed by atoms with Gasteiger partial charge in [-0.3, -0.25) is 4.79 Å². The summed E-state index contributed by atoms with van der Waals surface area (Å²) in [4.78, 5) is 16.8. The van der Waals surface area contributed by atoms with Gasteiger partial charge in [0.1, 0.15) is 11.5 Å². The van der Waals surface area contributed by atoms with Crippen LogP contribution in [0.1, 0.15) is 30.0 Å². The molecule has 0 unspecified atom stereocenters. The third-order valence-electron chi connectivity index (χ3n) is 3.73. The second kappa shape index (κ2) is 8.35. The van der Waals surface area contributed by atoms with Gasteiger partial charge < -0.3 is 19.3 Å². The predicted octanol–water partition coefficient (Wildman–Crippen LogP) is 4.09. The SMILES string of the molecule is CCOc1ccc(OCC)c(NC(=O)c2ccc(-c3nc(C)no3)cc2)c1. The van der Waals surface area contributed by atoms with Crippen molar-refractivity contribution in [1.82, 2.24) is 10.1 Å². The normalized spacial score (nSPS) is 10.5. The number of amides is 1. The Hall–Kier alpha value is -3.35. The van der Waals surface area contributed by atoms with Crippen LogP contribution >= 0.6 is 0 Å². The van der Waals surface area contributed by atoms with Gasteiger partial charge in [0.25, 0.3) is 11.8 Å². The molecule has 0 saturated carbocycles. The lowest BCUT2D eigenvalue weighted by atomic mass is 10.1. The van der Waals surface area contributed by atoms with Crippen molar-refractivity contribution >= 4 is 11.6 Å². The van der Waals surface area contributed by atoms with E-state index < -0.39 is 0 Å². The second-order valence-electron chi connectivity index (χ2n) is 5.70. The number of ether oxygens (including phenoxy) is 2. The van der Waals surface area contributed by atoms with Gasteiger partial charge in [0.15, 0.2) is 5.82 Å². The van der Waals surface area contributed by atoms with E-state index >= 15 is 0 Å². The van der Waals surface area contributed by atoms with Gasteiger partial charge in [0.05, 0.1) is 18.9 Å². The molecule has 1 aromatic heterocycles. The maximum Gasteiger partial charge on any atom is 0.257 e. The van der Waals surface area contributed by atoms with Crippen molar-refractivity contribution in [1.29, 1.82) is 0 Å². The quantitative estimate of drug-likeness (QED) is 0.677. The Bertz CT molecular complexity index is 919. The van der Waals surface area contributed by atoms with E-state index in [0.29, 0.717) is 47.7 Å². The fraction of sp³-hybridized carbons (Fsp3) is 0.250. The van der Waals surface area contributed by atoms with E-state index in [4.69, 9.17) is 14.0 Å². The van der Waals surface area contributed by atoms with Crippen LogP contribution in [0, 0.1) is 6.92 Å². The van der Waals surface area contributed by atoms with Gasteiger partial charge in [-0.05, 0) is 57.2 Å². The van der Waals surface area contributed by atoms with E-state index in [0.717, 1.165) is 5.56 Å². The Morgan fingerprint density at radius 3 is 2.44 bits per heavy atom. The molecule has 1 heterocycles. The van der Waals surface area contributed by atoms with Gasteiger partial charge in [-0.1, -0.05) is 5.16 Å². The van der Waals surface area contributed by atoms with E-state index in [9.17, 15) is 4.79 Å². The first-order valence-electron chi connectivity index (χ1n) is 8.72. The molecule has 0 atom stereocenters. The van der Waals surface area contributed by atoms with Crippen molar-refractivity contribution in [3.63, 3.8) is 0 Å². The summed E-state index contributed by atoms with van der Waals surface area (Å²) < 4.78 is 16.2. The van der Waals surface area contributed by atoms with Crippen molar-refractivity contribution in [3.8, 4) is 23.0 Å². The number of anilines is 1. The molecule has 0 bridgehead atoms. The number of aryl methyl sites for hydroxylation is 1. The van der Waals surface area contributed by atoms with Gasteiger partial charge in [0.2, 0.25) is 0 Å². The molecule has 1 N–H and O–H groups in total. The molecule has 0 aliphatic carbocycles. The average Bonchev–Trinajstić information content (AvgIpc) is 3.11. The minimum absolute atomic E-state index is 0.252. The summed E-state index contributed by atoms with van der Waals surface area (Å²) in [5, 5.41) is 6.64. The third-order valence-corrected chi connectivity index (χ3v) is 3.73. The van der Waals surface area contributed by atoms with Gasteiger partial charge in [-0.25, -0.2) is 0 Å². The molecule has 3 rings (SSSR count). The number of rotatable bonds is 7. The van der Waals surface area contributed by atoms with Crippen LogP contribution in [0.15, 0.2) is 47.0 Å². The fourth-order valence-electron chi connectivity index (χ4n) is 2.52. The van der Waals surface area contributed by atoms with Gasteiger partial charge in [-0.2, -0.15) is 4.98 Å². The molecule has 0 spiro atoms. The van der Waals surface area contributed by atoms with Crippen molar-refractivity contribution < 1.29 is 18.8 Å². The number of carbonyl (C=O) groups excluding carboxylic acids is 1. The molecular weight excluding hydrogens is 346 g/mol. The molecule has 27 heavy (non-hydrogen) atoms. The number of carbonyl (C=O) groups is 1. The van der Waals surface area contributed by atoms with E-state index in [2.05, 4.69) is 15.5 Å². The molecule has 140 valence electrons. The highest BCUT2D eigenvalue weighted by Gasteiger charge is 2.13. The molecule has 2 aromatic carbocycles. The Labute approximate surface area is 157 Å². The minimum atomic E-state index is -0.252. The van der Waals surface area contributed by atoms with E-state index in [1.165, 1.54) is 0 Å². The highest BCUT2D eigenvalue weighted by molar-refractivity contribution is 6.05. The van der Waals surface area contributed by atoms with Crippen LogP contribution in [-0.2, 0) is 0 Å². The molecule has 0 fully saturated rings. The lowest BCUT2D eigenvalue weighted by Crippen LogP contribution is -2.13. The molecule has 3 aromatic rings. The number of aromatic nitrogens is 2. The molecule has 0 aliphatic rings. The Morgan fingerprint density at radius 2 is 1.81 bits per heavy atom. The number of nitrogens with one attached hydrogen (secondary N) is 1. The molecule has 0 saturated heterocycles. The minimum Gasteiger partial charge on any atom is -0.494 e. The third kappa shape index (κ3) is 4.44. The maximum absolute atomic E-state index is 12.6. The standard InChI is InChI=1S/C20H21N3O4/c1-4-25-16-10-11-18(26-5-2)17(12-16)22-19(24)14-6-8-15(9-7-14)20-21-13(3)23-27-20/h6-12H,4-5H2,1-3H3,(H,22,24). The lowest BCUT2D eigenvalue weighted by Gasteiger charge is -2.13. The summed E-state index contributed by atoms with van der Waals surface area (Å²) >= 11 is 0. The highest BCUT2D eigenvalue weighted by Crippen LogP contribution is 2.30. The van der Waals surface area contributed by atoms with Crippen molar-refractivity contribution in [2.24, 2.45) is 0 Å². The summed E-state index contributed by atoms with van der Waals surface area (Å²) in [5.41, 5.74) is 1.81. The summed E-state index contributed by atoms with van der Waals surface area (Å²) in [7, 11) is 0. The highest BCUT2D eigenvalue weighted by atomic mass is 16.5. The first kappa shape index (κ1) is 18.4. The molecule has 7 nitrogen and oxygen atoms in total. The molecule has 0 radical (unpaired) electrons. The average molecular weight is 367 g/mol. The number of hydrogen-bond donors (Lipinski definition) is 1. The first-order valence-corrected chi connectivity index (χ1v) is 8.72. The van der Waals surface area contributed by atoms with E-state index in [1.807, 2.05) is 19.9 Å². The summed E-state index contributed by atoms with van der Waals surface area (Å²) in [6.45, 7) is 6.58. The van der Waals surface area contributed by atoms with Gasteiger partial charge in [-0.15, -0.1) is 0 Å². The summed E-state index contributed by atoms with van der Waals surface area (Å²) in [5.74, 6) is 1.98. The Morgan fingerprint density at radius 1 is 1.07 bits per heavy atom. The molecule has 7 heteroatoms. The van der Waals surface area contributed by atoms with Crippen LogP contribution in [0.4, 0.5) is 5.69 Å². The largest absolute Gasteiger partial charge is 0.494 e. The zero-order chi connectivity index (χ0) is 19.2. The zero-order valence-electron chi connectivity index (χ0n) is 15.5.